The average Bonchev–Trinajstić information content (AvgIpc) is 2.69. The zero-order valence-corrected chi connectivity index (χ0v) is 15.7. The van der Waals surface area contributed by atoms with Gasteiger partial charge in [-0.05, 0) is 54.4 Å². The van der Waals surface area contributed by atoms with Gasteiger partial charge >= 0.3 is 0 Å². The van der Waals surface area contributed by atoms with Crippen molar-refractivity contribution >= 4 is 34.4 Å². The van der Waals surface area contributed by atoms with Crippen LogP contribution in [0, 0.1) is 0 Å². The van der Waals surface area contributed by atoms with Gasteiger partial charge in [-0.2, -0.15) is 0 Å². The van der Waals surface area contributed by atoms with Crippen LogP contribution in [-0.4, -0.2) is 18.7 Å². The molecule has 0 aliphatic carbocycles. The molecule has 142 valence electrons. The highest BCUT2D eigenvalue weighted by Gasteiger charge is 2.11. The highest BCUT2D eigenvalue weighted by Crippen LogP contribution is 2.30. The number of anilines is 4. The number of carbonyl (C=O) groups is 2. The summed E-state index contributed by atoms with van der Waals surface area (Å²) >= 11 is 0. The van der Waals surface area contributed by atoms with Crippen molar-refractivity contribution in [2.75, 3.05) is 29.1 Å². The standard InChI is InChI=1S/C22H22N4O2/c1-13(27)14-4-3-5-17(10-14)22(28)26-21-9-7-16(12-19(21)24)15-6-8-20(25-2)18(23)11-15/h3-12,25H,23-24H2,1-2H3,(H,26,28). The van der Waals surface area contributed by atoms with Crippen LogP contribution in [0.4, 0.5) is 22.7 Å². The summed E-state index contributed by atoms with van der Waals surface area (Å²) in [6.45, 7) is 1.46. The van der Waals surface area contributed by atoms with Gasteiger partial charge in [0, 0.05) is 18.2 Å². The summed E-state index contributed by atoms with van der Waals surface area (Å²) in [5.41, 5.74) is 17.3. The van der Waals surface area contributed by atoms with Crippen molar-refractivity contribution in [3.63, 3.8) is 0 Å². The monoisotopic (exact) mass is 374 g/mol. The molecule has 28 heavy (non-hydrogen) atoms. The Morgan fingerprint density at radius 2 is 1.36 bits per heavy atom. The van der Waals surface area contributed by atoms with E-state index in [1.54, 1.807) is 36.4 Å². The summed E-state index contributed by atoms with van der Waals surface area (Å²) in [6, 6.07) is 17.7. The maximum absolute atomic E-state index is 12.5. The minimum absolute atomic E-state index is 0.0953. The third-order valence-corrected chi connectivity index (χ3v) is 4.49. The number of ketones is 1. The van der Waals surface area contributed by atoms with Crippen LogP contribution in [0.2, 0.25) is 0 Å². The van der Waals surface area contributed by atoms with E-state index in [0.717, 1.165) is 16.8 Å². The fourth-order valence-corrected chi connectivity index (χ4v) is 2.90. The quantitative estimate of drug-likeness (QED) is 0.398. The van der Waals surface area contributed by atoms with Gasteiger partial charge < -0.3 is 22.1 Å². The molecule has 3 aromatic carbocycles. The Hall–Kier alpha value is -3.80. The van der Waals surface area contributed by atoms with Crippen LogP contribution < -0.4 is 22.1 Å². The van der Waals surface area contributed by atoms with Crippen molar-refractivity contribution in [3.05, 3.63) is 71.8 Å². The normalized spacial score (nSPS) is 10.4. The Balaban J connectivity index is 1.83. The van der Waals surface area contributed by atoms with Crippen molar-refractivity contribution < 1.29 is 9.59 Å². The van der Waals surface area contributed by atoms with E-state index in [9.17, 15) is 9.59 Å². The average molecular weight is 374 g/mol. The predicted octanol–water partition coefficient (Wildman–Crippen LogP) is 4.01. The molecule has 0 aromatic heterocycles. The molecule has 3 aromatic rings. The second-order valence-electron chi connectivity index (χ2n) is 6.45. The van der Waals surface area contributed by atoms with Gasteiger partial charge in [0.2, 0.25) is 0 Å². The molecule has 0 radical (unpaired) electrons. The summed E-state index contributed by atoms with van der Waals surface area (Å²) in [5, 5.41) is 5.82. The molecule has 1 amide bonds. The van der Waals surface area contributed by atoms with Crippen LogP contribution >= 0.6 is 0 Å². The van der Waals surface area contributed by atoms with Crippen LogP contribution in [0.5, 0.6) is 0 Å². The number of amides is 1. The zero-order chi connectivity index (χ0) is 20.3. The fourth-order valence-electron chi connectivity index (χ4n) is 2.90. The minimum Gasteiger partial charge on any atom is -0.397 e. The van der Waals surface area contributed by atoms with Gasteiger partial charge in [0.25, 0.3) is 5.91 Å². The second-order valence-corrected chi connectivity index (χ2v) is 6.45. The lowest BCUT2D eigenvalue weighted by atomic mass is 10.0. The summed E-state index contributed by atoms with van der Waals surface area (Å²) < 4.78 is 0. The van der Waals surface area contributed by atoms with E-state index < -0.39 is 0 Å². The Morgan fingerprint density at radius 3 is 1.89 bits per heavy atom. The Labute approximate surface area is 163 Å². The van der Waals surface area contributed by atoms with Crippen molar-refractivity contribution in [2.24, 2.45) is 0 Å². The maximum Gasteiger partial charge on any atom is 0.255 e. The van der Waals surface area contributed by atoms with E-state index >= 15 is 0 Å². The number of hydrogen-bond donors (Lipinski definition) is 4. The summed E-state index contributed by atoms with van der Waals surface area (Å²) in [5.74, 6) is -0.424. The summed E-state index contributed by atoms with van der Waals surface area (Å²) in [4.78, 5) is 24.0. The van der Waals surface area contributed by atoms with E-state index in [4.69, 9.17) is 11.5 Å². The molecular weight excluding hydrogens is 352 g/mol. The van der Waals surface area contributed by atoms with Gasteiger partial charge in [0.1, 0.15) is 0 Å². The number of nitrogens with one attached hydrogen (secondary N) is 2. The molecular formula is C22H22N4O2. The molecule has 0 aliphatic rings. The highest BCUT2D eigenvalue weighted by molar-refractivity contribution is 6.07. The number of carbonyl (C=O) groups excluding carboxylic acids is 2. The van der Waals surface area contributed by atoms with E-state index in [2.05, 4.69) is 10.6 Å². The lowest BCUT2D eigenvalue weighted by Crippen LogP contribution is -2.13. The molecule has 3 rings (SSSR count). The van der Waals surface area contributed by atoms with Gasteiger partial charge in [-0.25, -0.2) is 0 Å². The summed E-state index contributed by atoms with van der Waals surface area (Å²) in [7, 11) is 1.81. The number of nitrogen functional groups attached to an aromatic ring is 2. The van der Waals surface area contributed by atoms with Crippen LogP contribution in [0.1, 0.15) is 27.6 Å². The molecule has 0 atom stereocenters. The number of hydrogen-bond acceptors (Lipinski definition) is 5. The van der Waals surface area contributed by atoms with Crippen molar-refractivity contribution in [3.8, 4) is 11.1 Å². The van der Waals surface area contributed by atoms with E-state index in [1.165, 1.54) is 6.92 Å². The SMILES string of the molecule is CNc1ccc(-c2ccc(NC(=O)c3cccc(C(C)=O)c3)c(N)c2)cc1N. The van der Waals surface area contributed by atoms with Gasteiger partial charge in [0.15, 0.2) is 5.78 Å². The molecule has 0 saturated heterocycles. The third-order valence-electron chi connectivity index (χ3n) is 4.49. The van der Waals surface area contributed by atoms with E-state index in [1.807, 2.05) is 31.3 Å². The van der Waals surface area contributed by atoms with Crippen molar-refractivity contribution in [1.29, 1.82) is 0 Å². The highest BCUT2D eigenvalue weighted by atomic mass is 16.1. The number of nitrogens with two attached hydrogens (primary N) is 2. The largest absolute Gasteiger partial charge is 0.397 e. The van der Waals surface area contributed by atoms with Crippen molar-refractivity contribution in [2.45, 2.75) is 6.92 Å². The van der Waals surface area contributed by atoms with Crippen LogP contribution in [0.15, 0.2) is 60.7 Å². The van der Waals surface area contributed by atoms with Crippen LogP contribution in [0.3, 0.4) is 0 Å². The van der Waals surface area contributed by atoms with Crippen molar-refractivity contribution in [1.82, 2.24) is 0 Å². The van der Waals surface area contributed by atoms with Gasteiger partial charge in [0.05, 0.1) is 22.7 Å². The smallest absolute Gasteiger partial charge is 0.255 e. The predicted molar refractivity (Wildman–Crippen MR) is 115 cm³/mol. The first-order valence-electron chi connectivity index (χ1n) is 8.78. The molecule has 0 fully saturated rings. The Bertz CT molecular complexity index is 1060. The molecule has 6 heteroatoms. The van der Waals surface area contributed by atoms with Gasteiger partial charge in [-0.3, -0.25) is 9.59 Å². The first-order chi connectivity index (χ1) is 13.4. The van der Waals surface area contributed by atoms with Crippen LogP contribution in [-0.2, 0) is 0 Å². The number of benzene rings is 3. The minimum atomic E-state index is -0.329. The van der Waals surface area contributed by atoms with Crippen LogP contribution in [0.25, 0.3) is 11.1 Å². The topological polar surface area (TPSA) is 110 Å². The van der Waals surface area contributed by atoms with Gasteiger partial charge in [-0.1, -0.05) is 24.3 Å². The summed E-state index contributed by atoms with van der Waals surface area (Å²) in [6.07, 6.45) is 0. The number of rotatable bonds is 5. The Morgan fingerprint density at radius 1 is 0.786 bits per heavy atom. The first-order valence-corrected chi connectivity index (χ1v) is 8.78. The molecule has 6 nitrogen and oxygen atoms in total. The third kappa shape index (κ3) is 3.96. The first kappa shape index (κ1) is 19.0. The zero-order valence-electron chi connectivity index (χ0n) is 15.7. The van der Waals surface area contributed by atoms with E-state index in [0.29, 0.717) is 28.2 Å². The Kier molecular flexibility index (Phi) is 5.31. The number of Topliss-reactive ketones (excluding diaryl/α,β-unsaturated/α-hetero) is 1. The lowest BCUT2D eigenvalue weighted by molar-refractivity contribution is 0.101. The molecule has 0 heterocycles. The second kappa shape index (κ2) is 7.84. The molecule has 6 N–H and O–H groups in total. The molecule has 0 bridgehead atoms. The maximum atomic E-state index is 12.5. The molecule has 0 aliphatic heterocycles. The fraction of sp³-hybridized carbons (Fsp3) is 0.0909. The van der Waals surface area contributed by atoms with Gasteiger partial charge in [-0.15, -0.1) is 0 Å². The molecule has 0 unspecified atom stereocenters. The molecule has 0 spiro atoms. The van der Waals surface area contributed by atoms with E-state index in [-0.39, 0.29) is 11.7 Å². The molecule has 0 saturated carbocycles. The lowest BCUT2D eigenvalue weighted by Gasteiger charge is -2.12.